The molecule has 0 amide bonds. The van der Waals surface area contributed by atoms with Crippen LogP contribution < -0.4 is 0 Å². The lowest BCUT2D eigenvalue weighted by atomic mass is 10.0. The van der Waals surface area contributed by atoms with Gasteiger partial charge in [0.05, 0.1) is 10.8 Å². The van der Waals surface area contributed by atoms with E-state index in [0.29, 0.717) is 5.75 Å². The number of Topliss-reactive ketones (excluding diaryl/α,β-unsaturated/α-hetero) is 1. The second kappa shape index (κ2) is 6.23. The minimum absolute atomic E-state index is 0.152. The van der Waals surface area contributed by atoms with Crippen LogP contribution in [0.25, 0.3) is 0 Å². The summed E-state index contributed by atoms with van der Waals surface area (Å²) in [6.07, 6.45) is 0. The van der Waals surface area contributed by atoms with E-state index in [2.05, 4.69) is 11.9 Å². The van der Waals surface area contributed by atoms with Crippen molar-refractivity contribution in [3.8, 4) is 0 Å². The first-order valence-corrected chi connectivity index (χ1v) is 7.63. The van der Waals surface area contributed by atoms with Crippen LogP contribution in [-0.4, -0.2) is 16.5 Å². The van der Waals surface area contributed by atoms with Gasteiger partial charge in [0, 0.05) is 11.3 Å². The van der Waals surface area contributed by atoms with E-state index >= 15 is 0 Å². The standard InChI is InChI=1S/C17H19NOS/c1-11-7-14(4)18-17(8-11)20-10-16(19)15-6-5-12(2)13(3)9-15/h5-9H,10H2,1-4H3. The number of nitrogens with zero attached hydrogens (tertiary/aromatic N) is 1. The highest BCUT2D eigenvalue weighted by atomic mass is 32.2. The molecule has 104 valence electrons. The maximum absolute atomic E-state index is 12.2. The van der Waals surface area contributed by atoms with Crippen LogP contribution in [0.4, 0.5) is 0 Å². The molecular weight excluding hydrogens is 266 g/mol. The predicted octanol–water partition coefficient (Wildman–Crippen LogP) is 4.29. The van der Waals surface area contributed by atoms with E-state index in [1.165, 1.54) is 22.9 Å². The molecule has 0 radical (unpaired) electrons. The summed E-state index contributed by atoms with van der Waals surface area (Å²) in [6.45, 7) is 8.11. The van der Waals surface area contributed by atoms with Gasteiger partial charge in [0.25, 0.3) is 0 Å². The van der Waals surface area contributed by atoms with Crippen molar-refractivity contribution in [3.63, 3.8) is 0 Å². The fraction of sp³-hybridized carbons (Fsp3) is 0.294. The van der Waals surface area contributed by atoms with Gasteiger partial charge in [-0.1, -0.05) is 23.9 Å². The van der Waals surface area contributed by atoms with Crippen LogP contribution in [0.1, 0.15) is 32.7 Å². The Morgan fingerprint density at radius 3 is 2.45 bits per heavy atom. The molecule has 2 nitrogen and oxygen atoms in total. The molecule has 0 aliphatic heterocycles. The minimum Gasteiger partial charge on any atom is -0.293 e. The molecule has 0 unspecified atom stereocenters. The molecule has 0 bridgehead atoms. The average molecular weight is 285 g/mol. The van der Waals surface area contributed by atoms with Crippen LogP contribution in [0.3, 0.4) is 0 Å². The summed E-state index contributed by atoms with van der Waals surface area (Å²) in [5.41, 5.74) is 5.32. The van der Waals surface area contributed by atoms with Crippen molar-refractivity contribution in [3.05, 3.63) is 58.3 Å². The Balaban J connectivity index is 2.06. The zero-order chi connectivity index (χ0) is 14.7. The number of ketones is 1. The second-order valence-corrected chi connectivity index (χ2v) is 6.13. The molecular formula is C17H19NOS. The SMILES string of the molecule is Cc1cc(C)nc(SCC(=O)c2ccc(C)c(C)c2)c1. The Bertz CT molecular complexity index is 629. The zero-order valence-electron chi connectivity index (χ0n) is 12.4. The average Bonchev–Trinajstić information content (AvgIpc) is 2.38. The van der Waals surface area contributed by atoms with Crippen LogP contribution in [0.15, 0.2) is 35.4 Å². The third-order valence-electron chi connectivity index (χ3n) is 3.25. The van der Waals surface area contributed by atoms with E-state index < -0.39 is 0 Å². The number of aryl methyl sites for hydroxylation is 4. The van der Waals surface area contributed by atoms with Crippen LogP contribution in [0, 0.1) is 27.7 Å². The van der Waals surface area contributed by atoms with Crippen LogP contribution in [0.2, 0.25) is 0 Å². The molecule has 3 heteroatoms. The van der Waals surface area contributed by atoms with Gasteiger partial charge in [-0.3, -0.25) is 4.79 Å². The molecule has 1 aromatic carbocycles. The number of hydrogen-bond acceptors (Lipinski definition) is 3. The number of carbonyl (C=O) groups is 1. The smallest absolute Gasteiger partial charge is 0.173 e. The van der Waals surface area contributed by atoms with E-state index in [1.807, 2.05) is 51.1 Å². The first-order chi connectivity index (χ1) is 9.45. The fourth-order valence-electron chi connectivity index (χ4n) is 2.02. The molecule has 2 aromatic rings. The minimum atomic E-state index is 0.152. The molecule has 0 atom stereocenters. The van der Waals surface area contributed by atoms with E-state index in [4.69, 9.17) is 0 Å². The molecule has 0 spiro atoms. The third-order valence-corrected chi connectivity index (χ3v) is 4.17. The van der Waals surface area contributed by atoms with Gasteiger partial charge in [-0.2, -0.15) is 0 Å². The monoisotopic (exact) mass is 285 g/mol. The van der Waals surface area contributed by atoms with Crippen molar-refractivity contribution in [2.24, 2.45) is 0 Å². The number of hydrogen-bond donors (Lipinski definition) is 0. The summed E-state index contributed by atoms with van der Waals surface area (Å²) in [4.78, 5) is 16.6. The van der Waals surface area contributed by atoms with Crippen LogP contribution in [-0.2, 0) is 0 Å². The highest BCUT2D eigenvalue weighted by Gasteiger charge is 2.08. The first-order valence-electron chi connectivity index (χ1n) is 6.64. The normalized spacial score (nSPS) is 10.6. The molecule has 0 fully saturated rings. The van der Waals surface area contributed by atoms with Gasteiger partial charge in [0.15, 0.2) is 5.78 Å². The number of thioether (sulfide) groups is 1. The summed E-state index contributed by atoms with van der Waals surface area (Å²) in [5, 5.41) is 0.916. The quantitative estimate of drug-likeness (QED) is 0.620. The first kappa shape index (κ1) is 14.8. The fourth-order valence-corrected chi connectivity index (χ4v) is 2.94. The largest absolute Gasteiger partial charge is 0.293 e. The summed E-state index contributed by atoms with van der Waals surface area (Å²) in [7, 11) is 0. The van der Waals surface area contributed by atoms with E-state index in [-0.39, 0.29) is 5.78 Å². The van der Waals surface area contributed by atoms with Gasteiger partial charge in [-0.25, -0.2) is 4.98 Å². The number of aromatic nitrogens is 1. The van der Waals surface area contributed by atoms with Gasteiger partial charge < -0.3 is 0 Å². The molecule has 1 aromatic heterocycles. The van der Waals surface area contributed by atoms with E-state index in [0.717, 1.165) is 21.8 Å². The summed E-state index contributed by atoms with van der Waals surface area (Å²) < 4.78 is 0. The van der Waals surface area contributed by atoms with Gasteiger partial charge in [-0.05, 0) is 62.6 Å². The van der Waals surface area contributed by atoms with Crippen molar-refractivity contribution >= 4 is 17.5 Å². The zero-order valence-corrected chi connectivity index (χ0v) is 13.2. The Kier molecular flexibility index (Phi) is 4.61. The number of rotatable bonds is 4. The van der Waals surface area contributed by atoms with Gasteiger partial charge in [0.1, 0.15) is 0 Å². The molecule has 0 aliphatic carbocycles. The topological polar surface area (TPSA) is 30.0 Å². The van der Waals surface area contributed by atoms with Crippen molar-refractivity contribution in [1.29, 1.82) is 0 Å². The number of benzene rings is 1. The molecule has 0 saturated heterocycles. The molecule has 0 aliphatic rings. The lowest BCUT2D eigenvalue weighted by Gasteiger charge is -2.06. The predicted molar refractivity (Wildman–Crippen MR) is 84.7 cm³/mol. The molecule has 20 heavy (non-hydrogen) atoms. The van der Waals surface area contributed by atoms with E-state index in [1.54, 1.807) is 0 Å². The number of pyridine rings is 1. The van der Waals surface area contributed by atoms with Crippen LogP contribution >= 0.6 is 11.8 Å². The van der Waals surface area contributed by atoms with Crippen molar-refractivity contribution in [1.82, 2.24) is 4.98 Å². The summed E-state index contributed by atoms with van der Waals surface area (Å²) >= 11 is 1.50. The summed E-state index contributed by atoms with van der Waals surface area (Å²) in [5.74, 6) is 0.581. The Morgan fingerprint density at radius 2 is 1.80 bits per heavy atom. The van der Waals surface area contributed by atoms with Gasteiger partial charge in [-0.15, -0.1) is 0 Å². The highest BCUT2D eigenvalue weighted by molar-refractivity contribution is 7.99. The van der Waals surface area contributed by atoms with Crippen molar-refractivity contribution in [2.45, 2.75) is 32.7 Å². The lowest BCUT2D eigenvalue weighted by molar-refractivity contribution is 0.102. The number of carbonyl (C=O) groups excluding carboxylic acids is 1. The van der Waals surface area contributed by atoms with Crippen molar-refractivity contribution in [2.75, 3.05) is 5.75 Å². The highest BCUT2D eigenvalue weighted by Crippen LogP contribution is 2.20. The van der Waals surface area contributed by atoms with Crippen LogP contribution in [0.5, 0.6) is 0 Å². The van der Waals surface area contributed by atoms with E-state index in [9.17, 15) is 4.79 Å². The molecule has 1 heterocycles. The lowest BCUT2D eigenvalue weighted by Crippen LogP contribution is -2.03. The Morgan fingerprint density at radius 1 is 1.05 bits per heavy atom. The third kappa shape index (κ3) is 3.70. The van der Waals surface area contributed by atoms with Gasteiger partial charge >= 0.3 is 0 Å². The second-order valence-electron chi connectivity index (χ2n) is 5.14. The molecule has 2 rings (SSSR count). The van der Waals surface area contributed by atoms with Crippen molar-refractivity contribution < 1.29 is 4.79 Å². The Hall–Kier alpha value is -1.61. The van der Waals surface area contributed by atoms with Gasteiger partial charge in [0.2, 0.25) is 0 Å². The molecule has 0 N–H and O–H groups in total. The maximum atomic E-state index is 12.2. The summed E-state index contributed by atoms with van der Waals surface area (Å²) in [6, 6.07) is 9.93. The maximum Gasteiger partial charge on any atom is 0.173 e. The Labute approximate surface area is 124 Å². The molecule has 0 saturated carbocycles.